The third-order valence-electron chi connectivity index (χ3n) is 5.79. The molecule has 3 rings (SSSR count). The van der Waals surface area contributed by atoms with Crippen molar-refractivity contribution in [1.29, 1.82) is 1.34 Å². The summed E-state index contributed by atoms with van der Waals surface area (Å²) in [4.78, 5) is 46.7. The molecule has 12 nitrogen and oxygen atoms in total. The van der Waals surface area contributed by atoms with Crippen LogP contribution in [0.4, 0.5) is 5.69 Å². The molecule has 0 aromatic heterocycles. The molecule has 0 fully saturated rings. The number of esters is 3. The Morgan fingerprint density at radius 1 is 0.653 bits per heavy atom. The second-order valence-corrected chi connectivity index (χ2v) is 9.25. The zero-order valence-corrected chi connectivity index (χ0v) is 30.1. The van der Waals surface area contributed by atoms with Gasteiger partial charge in [0.2, 0.25) is 0 Å². The zero-order valence-electron chi connectivity index (χ0n) is 29.9. The molecule has 0 aliphatic heterocycles. The summed E-state index contributed by atoms with van der Waals surface area (Å²) in [6.07, 6.45) is 0. The van der Waals surface area contributed by atoms with E-state index in [9.17, 15) is 19.2 Å². The predicted octanol–water partition coefficient (Wildman–Crippen LogP) is 3.14. The Hall–Kier alpha value is -4.22. The lowest BCUT2D eigenvalue weighted by molar-refractivity contribution is -0.146. The molecule has 3 aromatic rings. The second-order valence-electron chi connectivity index (χ2n) is 9.25. The third-order valence-corrected chi connectivity index (χ3v) is 5.79. The molecule has 0 saturated heterocycles. The van der Waals surface area contributed by atoms with Crippen molar-refractivity contribution in [3.05, 3.63) is 95.6 Å². The molecule has 0 saturated carbocycles. The first-order valence-electron chi connectivity index (χ1n) is 15.0. The molecule has 0 bridgehead atoms. The lowest BCUT2D eigenvalue weighted by atomic mass is 10.0. The van der Waals surface area contributed by atoms with E-state index in [2.05, 4.69) is 30.2 Å². The van der Waals surface area contributed by atoms with Gasteiger partial charge in [0.05, 0.1) is 60.9 Å². The lowest BCUT2D eigenvalue weighted by Crippen LogP contribution is -2.14. The fourth-order valence-corrected chi connectivity index (χ4v) is 3.25. The number of hydrogen-bond donors (Lipinski definition) is 0. The number of carbonyl (C=O) groups is 4. The normalized spacial score (nSPS) is 9.41. The molecule has 264 valence electrons. The molecular weight excluding hydrogens is 651 g/mol. The topological polar surface area (TPSA) is 136 Å². The van der Waals surface area contributed by atoms with Crippen LogP contribution in [0, 0.1) is 0 Å². The maximum atomic E-state index is 12.2. The van der Waals surface area contributed by atoms with Crippen LogP contribution in [0.25, 0.3) is 0 Å². The van der Waals surface area contributed by atoms with Gasteiger partial charge < -0.3 is 38.1 Å². The Morgan fingerprint density at radius 2 is 1.14 bits per heavy atom. The van der Waals surface area contributed by atoms with E-state index in [4.69, 9.17) is 20.3 Å². The fourth-order valence-electron chi connectivity index (χ4n) is 3.25. The highest BCUT2D eigenvalue weighted by molar-refractivity contribution is 7.49. The summed E-state index contributed by atoms with van der Waals surface area (Å²) in [5.74, 6) is -0.665. The van der Waals surface area contributed by atoms with Gasteiger partial charge in [-0.25, -0.2) is 14.4 Å². The maximum absolute atomic E-state index is 12.2. The van der Waals surface area contributed by atoms with Gasteiger partial charge in [0, 0.05) is 46.4 Å². The fraction of sp³-hybridized carbons (Fsp3) is 0.353. The van der Waals surface area contributed by atoms with E-state index >= 15 is 0 Å². The molecule has 4 radical (unpaired) electrons. The van der Waals surface area contributed by atoms with E-state index < -0.39 is 5.97 Å². The van der Waals surface area contributed by atoms with E-state index in [-0.39, 0.29) is 30.9 Å². The Kier molecular flexibility index (Phi) is 27.3. The summed E-state index contributed by atoms with van der Waals surface area (Å²) in [5, 5.41) is 0. The molecule has 0 heterocycles. The maximum Gasteiger partial charge on any atom is 0.343 e. The van der Waals surface area contributed by atoms with Crippen LogP contribution >= 0.6 is 9.12 Å². The van der Waals surface area contributed by atoms with Crippen LogP contribution < -0.4 is 9.64 Å². The van der Waals surface area contributed by atoms with Crippen molar-refractivity contribution in [2.45, 2.75) is 0 Å². The molecule has 0 N–H and O–H groups in total. The highest BCUT2D eigenvalue weighted by atomic mass is 31.0. The molecule has 1 atom stereocenters. The first-order valence-corrected chi connectivity index (χ1v) is 15.1. The van der Waals surface area contributed by atoms with Gasteiger partial charge in [-0.15, -0.1) is 0 Å². The zero-order chi connectivity index (χ0) is 38.2. The summed E-state index contributed by atoms with van der Waals surface area (Å²) in [6, 6.07) is 22.9. The van der Waals surface area contributed by atoms with Gasteiger partial charge in [-0.2, -0.15) is 9.12 Å². The van der Waals surface area contributed by atoms with Crippen molar-refractivity contribution in [3.63, 3.8) is 0 Å². The molecule has 0 spiro atoms. The van der Waals surface area contributed by atoms with Crippen LogP contribution in [0.1, 0.15) is 26.3 Å². The minimum absolute atomic E-state index is 0.0237. The monoisotopic (exact) mass is 698 g/mol. The highest BCUT2D eigenvalue weighted by Gasteiger charge is 2.09. The van der Waals surface area contributed by atoms with Gasteiger partial charge in [-0.05, 0) is 49.9 Å². The van der Waals surface area contributed by atoms with Gasteiger partial charge in [0.25, 0.3) is 0 Å². The molecule has 0 amide bonds. The molecule has 15 heteroatoms. The van der Waals surface area contributed by atoms with Crippen molar-refractivity contribution in [1.82, 2.24) is 0 Å². The largest absolute Gasteiger partial charge is 0.482 e. The van der Waals surface area contributed by atoms with E-state index in [0.29, 0.717) is 48.9 Å². The minimum atomic E-state index is -0.450. The van der Waals surface area contributed by atoms with Crippen LogP contribution in [0.5, 0.6) is 5.75 Å². The summed E-state index contributed by atoms with van der Waals surface area (Å²) < 4.78 is 38.7. The van der Waals surface area contributed by atoms with Gasteiger partial charge >= 0.3 is 17.9 Å². The highest BCUT2D eigenvalue weighted by Crippen LogP contribution is 2.16. The number of hydrogen-bond acceptors (Lipinski definition) is 12. The van der Waals surface area contributed by atoms with E-state index in [1.807, 2.05) is 58.4 Å². The molecule has 49 heavy (non-hydrogen) atoms. The van der Waals surface area contributed by atoms with Crippen molar-refractivity contribution in [2.75, 3.05) is 87.1 Å². The van der Waals surface area contributed by atoms with Crippen molar-refractivity contribution in [2.24, 2.45) is 0 Å². The van der Waals surface area contributed by atoms with E-state index in [1.54, 1.807) is 55.6 Å². The van der Waals surface area contributed by atoms with Crippen LogP contribution in [0.3, 0.4) is 0 Å². The summed E-state index contributed by atoms with van der Waals surface area (Å²) in [6.45, 7) is 1.78. The molecule has 0 aliphatic rings. The van der Waals surface area contributed by atoms with Crippen LogP contribution in [0.15, 0.2) is 78.9 Å². The smallest absolute Gasteiger partial charge is 0.343 e. The van der Waals surface area contributed by atoms with Crippen molar-refractivity contribution < 1.29 is 52.3 Å². The van der Waals surface area contributed by atoms with Crippen LogP contribution in [-0.4, -0.2) is 123 Å². The van der Waals surface area contributed by atoms with E-state index in [0.717, 1.165) is 5.69 Å². The average molecular weight is 698 g/mol. The summed E-state index contributed by atoms with van der Waals surface area (Å²) in [5.41, 5.74) is 2.85. The Bertz CT molecular complexity index is 1320. The first-order chi connectivity index (χ1) is 24.2. The van der Waals surface area contributed by atoms with Gasteiger partial charge in [-0.1, -0.05) is 30.3 Å². The van der Waals surface area contributed by atoms with Gasteiger partial charge in [0.1, 0.15) is 12.4 Å². The predicted molar refractivity (Wildman–Crippen MR) is 194 cm³/mol. The number of carbonyl (C=O) groups excluding carboxylic acids is 4. The summed E-state index contributed by atoms with van der Waals surface area (Å²) in [7, 11) is 19.6. The SMILES string of the molecule is COC(=O)COc1ccc(C(=O)c2ccccc2)cc1.COC(=O)c1ccc(N(C)C)cc1.COCCOCCOCC(=O)OC.[2H][B].[B]P. The number of rotatable bonds is 15. The molecule has 0 aliphatic carbocycles. The standard InChI is InChI=1S/C16H14O4.C10H13NO2.C8H16O5.BH2P.BH/c1-19-15(17)11-20-14-9-7-13(8-10-14)16(18)12-5-3-2-4-6-12;1-11(2)9-6-4-8(5-7-9)10(12)13-3;1-10-3-4-12-5-6-13-7-8(9)11-2;1-2;/h2-10H,11H2,1H3;4-7H,1-3H3;3-7H2,1-2H3;2H2;1H/i;;;;1D. The third kappa shape index (κ3) is 21.4. The van der Waals surface area contributed by atoms with Gasteiger partial charge in [-0.3, -0.25) is 4.79 Å². The molecule has 1 unspecified atom stereocenters. The van der Waals surface area contributed by atoms with Gasteiger partial charge in [0.15, 0.2) is 12.4 Å². The van der Waals surface area contributed by atoms with Crippen LogP contribution in [-0.2, 0) is 38.0 Å². The Morgan fingerprint density at radius 3 is 1.65 bits per heavy atom. The number of nitrogens with zero attached hydrogens (tertiary/aromatic N) is 1. The molecular formula is C34H46B2NO11P. The summed E-state index contributed by atoms with van der Waals surface area (Å²) >= 11 is 0. The number of ketones is 1. The number of methoxy groups -OCH3 is 4. The Labute approximate surface area is 296 Å². The first kappa shape index (κ1) is 44.8. The second kappa shape index (κ2) is 29.9. The van der Waals surface area contributed by atoms with Crippen LogP contribution in [0.2, 0.25) is 0 Å². The average Bonchev–Trinajstić information content (AvgIpc) is 3.18. The number of anilines is 1. The van der Waals surface area contributed by atoms with Crippen molar-refractivity contribution in [3.8, 4) is 5.75 Å². The van der Waals surface area contributed by atoms with E-state index in [1.165, 1.54) is 21.3 Å². The molecule has 3 aromatic carbocycles. The van der Waals surface area contributed by atoms with Crippen molar-refractivity contribution >= 4 is 54.4 Å². The number of benzene rings is 3. The quantitative estimate of drug-likeness (QED) is 0.0576. The lowest BCUT2D eigenvalue weighted by Gasteiger charge is -2.11. The number of ether oxygens (including phenoxy) is 7. The Balaban J connectivity index is 0. The minimum Gasteiger partial charge on any atom is -0.482 e.